The average molecular weight is 208 g/mol. The molecule has 0 atom stereocenters. The molecule has 0 amide bonds. The van der Waals surface area contributed by atoms with Crippen molar-refractivity contribution in [3.05, 3.63) is 29.8 Å². The summed E-state index contributed by atoms with van der Waals surface area (Å²) in [7, 11) is 0. The van der Waals surface area contributed by atoms with Crippen LogP contribution in [0, 0.1) is 0 Å². The van der Waals surface area contributed by atoms with E-state index in [1.165, 1.54) is 12.1 Å². The van der Waals surface area contributed by atoms with Crippen LogP contribution in [0.15, 0.2) is 24.3 Å². The van der Waals surface area contributed by atoms with E-state index in [4.69, 9.17) is 5.11 Å². The summed E-state index contributed by atoms with van der Waals surface area (Å²) in [6.45, 7) is 1.82. The Balaban J connectivity index is 2.62. The third-order valence-electron chi connectivity index (χ3n) is 1.78. The number of phenolic OH excluding ortho intramolecular Hbond substituents is 1. The maximum atomic E-state index is 11.3. The molecule has 15 heavy (non-hydrogen) atoms. The highest BCUT2D eigenvalue weighted by atomic mass is 16.5. The highest BCUT2D eigenvalue weighted by Crippen LogP contribution is 2.11. The second-order valence-corrected chi connectivity index (χ2v) is 2.99. The molecule has 0 saturated carbocycles. The zero-order chi connectivity index (χ0) is 11.3. The van der Waals surface area contributed by atoms with Crippen LogP contribution in [0.4, 0.5) is 0 Å². The van der Waals surface area contributed by atoms with Crippen molar-refractivity contribution >= 4 is 11.8 Å². The SMILES string of the molecule is CCOC(=O)C(=O)Cc1cccc(O)c1. The van der Waals surface area contributed by atoms with Crippen molar-refractivity contribution in [2.24, 2.45) is 0 Å². The molecule has 1 aromatic carbocycles. The van der Waals surface area contributed by atoms with E-state index in [2.05, 4.69) is 4.74 Å². The Hall–Kier alpha value is -1.84. The first-order valence-electron chi connectivity index (χ1n) is 4.61. The minimum Gasteiger partial charge on any atom is -0.508 e. The number of aromatic hydroxyl groups is 1. The number of esters is 1. The van der Waals surface area contributed by atoms with Gasteiger partial charge >= 0.3 is 5.97 Å². The van der Waals surface area contributed by atoms with Crippen molar-refractivity contribution < 1.29 is 19.4 Å². The number of carbonyl (C=O) groups excluding carboxylic acids is 2. The molecular weight excluding hydrogens is 196 g/mol. The van der Waals surface area contributed by atoms with Crippen molar-refractivity contribution in [3.8, 4) is 5.75 Å². The lowest BCUT2D eigenvalue weighted by Gasteiger charge is -2.01. The Labute approximate surface area is 87.5 Å². The molecule has 1 rings (SSSR count). The number of phenols is 1. The number of benzene rings is 1. The molecule has 0 radical (unpaired) electrons. The summed E-state index contributed by atoms with van der Waals surface area (Å²) in [6.07, 6.45) is -0.0484. The van der Waals surface area contributed by atoms with E-state index in [-0.39, 0.29) is 18.8 Å². The summed E-state index contributed by atoms with van der Waals surface area (Å²) in [5.41, 5.74) is 0.591. The van der Waals surface area contributed by atoms with Crippen molar-refractivity contribution in [1.82, 2.24) is 0 Å². The molecule has 4 heteroatoms. The minimum atomic E-state index is -0.833. The summed E-state index contributed by atoms with van der Waals surface area (Å²) in [5.74, 6) is -1.37. The van der Waals surface area contributed by atoms with Gasteiger partial charge in [0.2, 0.25) is 5.78 Å². The summed E-state index contributed by atoms with van der Waals surface area (Å²) in [6, 6.07) is 6.22. The lowest BCUT2D eigenvalue weighted by atomic mass is 10.1. The molecule has 0 aliphatic heterocycles. The van der Waals surface area contributed by atoms with E-state index in [1.54, 1.807) is 19.1 Å². The first kappa shape index (κ1) is 11.2. The molecule has 1 aromatic rings. The fourth-order valence-electron chi connectivity index (χ4n) is 1.14. The van der Waals surface area contributed by atoms with Crippen molar-refractivity contribution in [2.75, 3.05) is 6.61 Å². The van der Waals surface area contributed by atoms with Crippen LogP contribution in [0.3, 0.4) is 0 Å². The van der Waals surface area contributed by atoms with Gasteiger partial charge in [0.1, 0.15) is 5.75 Å². The van der Waals surface area contributed by atoms with Gasteiger partial charge in [-0.15, -0.1) is 0 Å². The number of carbonyl (C=O) groups is 2. The van der Waals surface area contributed by atoms with Gasteiger partial charge in [0.25, 0.3) is 0 Å². The molecule has 0 bridgehead atoms. The molecule has 0 spiro atoms. The predicted molar refractivity (Wildman–Crippen MR) is 53.5 cm³/mol. The van der Waals surface area contributed by atoms with Crippen LogP contribution in [0.25, 0.3) is 0 Å². The van der Waals surface area contributed by atoms with E-state index in [0.717, 1.165) is 0 Å². The maximum absolute atomic E-state index is 11.3. The molecule has 0 aromatic heterocycles. The van der Waals surface area contributed by atoms with Gasteiger partial charge in [-0.1, -0.05) is 12.1 Å². The van der Waals surface area contributed by atoms with Gasteiger partial charge < -0.3 is 9.84 Å². The molecule has 0 aliphatic rings. The quantitative estimate of drug-likeness (QED) is 0.593. The number of ketones is 1. The average Bonchev–Trinajstić information content (AvgIpc) is 2.18. The van der Waals surface area contributed by atoms with E-state index in [1.807, 2.05) is 0 Å². The molecule has 0 saturated heterocycles. The maximum Gasteiger partial charge on any atom is 0.374 e. The van der Waals surface area contributed by atoms with Gasteiger partial charge in [-0.3, -0.25) is 4.79 Å². The van der Waals surface area contributed by atoms with Gasteiger partial charge in [-0.25, -0.2) is 4.79 Å². The minimum absolute atomic E-state index is 0.0484. The van der Waals surface area contributed by atoms with Gasteiger partial charge in [0, 0.05) is 6.42 Å². The zero-order valence-corrected chi connectivity index (χ0v) is 8.40. The topological polar surface area (TPSA) is 63.6 Å². The first-order valence-corrected chi connectivity index (χ1v) is 4.61. The number of Topliss-reactive ketones (excluding diaryl/α,β-unsaturated/α-hetero) is 1. The Kier molecular flexibility index (Phi) is 3.85. The normalized spacial score (nSPS) is 9.67. The van der Waals surface area contributed by atoms with Crippen LogP contribution >= 0.6 is 0 Å². The van der Waals surface area contributed by atoms with Crippen molar-refractivity contribution in [1.29, 1.82) is 0 Å². The molecule has 80 valence electrons. The Bertz CT molecular complexity index is 371. The van der Waals surface area contributed by atoms with Crippen LogP contribution in [-0.4, -0.2) is 23.5 Å². The summed E-state index contributed by atoms with van der Waals surface area (Å²) >= 11 is 0. The molecule has 0 heterocycles. The van der Waals surface area contributed by atoms with E-state index in [9.17, 15) is 9.59 Å². The smallest absolute Gasteiger partial charge is 0.374 e. The molecular formula is C11H12O4. The number of rotatable bonds is 4. The van der Waals surface area contributed by atoms with Crippen LogP contribution in [0.1, 0.15) is 12.5 Å². The Morgan fingerprint density at radius 3 is 2.73 bits per heavy atom. The fourth-order valence-corrected chi connectivity index (χ4v) is 1.14. The monoisotopic (exact) mass is 208 g/mol. The number of hydrogen-bond donors (Lipinski definition) is 1. The standard InChI is InChI=1S/C11H12O4/c1-2-15-11(14)10(13)7-8-4-3-5-9(12)6-8/h3-6,12H,2,7H2,1H3. The van der Waals surface area contributed by atoms with Crippen molar-refractivity contribution in [3.63, 3.8) is 0 Å². The predicted octanol–water partition coefficient (Wildman–Crippen LogP) is 1.07. The molecule has 1 N–H and O–H groups in total. The van der Waals surface area contributed by atoms with Crippen LogP contribution in [0.2, 0.25) is 0 Å². The van der Waals surface area contributed by atoms with Gasteiger partial charge in [0.15, 0.2) is 0 Å². The Morgan fingerprint density at radius 2 is 2.13 bits per heavy atom. The van der Waals surface area contributed by atoms with Gasteiger partial charge in [-0.05, 0) is 24.6 Å². The molecule has 0 aliphatic carbocycles. The first-order chi connectivity index (χ1) is 7.13. The van der Waals surface area contributed by atoms with Crippen LogP contribution in [0.5, 0.6) is 5.75 Å². The van der Waals surface area contributed by atoms with Crippen LogP contribution < -0.4 is 0 Å². The number of ether oxygens (including phenoxy) is 1. The summed E-state index contributed by atoms with van der Waals surface area (Å²) in [5, 5.41) is 9.14. The van der Waals surface area contributed by atoms with E-state index in [0.29, 0.717) is 5.56 Å². The highest BCUT2D eigenvalue weighted by molar-refractivity contribution is 6.34. The third kappa shape index (κ3) is 3.42. The van der Waals surface area contributed by atoms with Crippen LogP contribution in [-0.2, 0) is 20.7 Å². The zero-order valence-electron chi connectivity index (χ0n) is 8.40. The highest BCUT2D eigenvalue weighted by Gasteiger charge is 2.15. The number of hydrogen-bond acceptors (Lipinski definition) is 4. The second kappa shape index (κ2) is 5.14. The largest absolute Gasteiger partial charge is 0.508 e. The third-order valence-corrected chi connectivity index (χ3v) is 1.78. The summed E-state index contributed by atoms with van der Waals surface area (Å²) < 4.78 is 4.56. The lowest BCUT2D eigenvalue weighted by molar-refractivity contribution is -0.153. The fraction of sp³-hybridized carbons (Fsp3) is 0.273. The molecule has 0 unspecified atom stereocenters. The summed E-state index contributed by atoms with van der Waals surface area (Å²) in [4.78, 5) is 22.3. The second-order valence-electron chi connectivity index (χ2n) is 2.99. The lowest BCUT2D eigenvalue weighted by Crippen LogP contribution is -2.19. The molecule has 0 fully saturated rings. The van der Waals surface area contributed by atoms with E-state index >= 15 is 0 Å². The molecule has 4 nitrogen and oxygen atoms in total. The van der Waals surface area contributed by atoms with Gasteiger partial charge in [-0.2, -0.15) is 0 Å². The van der Waals surface area contributed by atoms with Crippen molar-refractivity contribution in [2.45, 2.75) is 13.3 Å². The van der Waals surface area contributed by atoms with E-state index < -0.39 is 11.8 Å². The Morgan fingerprint density at radius 1 is 1.40 bits per heavy atom. The van der Waals surface area contributed by atoms with Gasteiger partial charge in [0.05, 0.1) is 6.61 Å².